The Labute approximate surface area is 133 Å². The number of benzene rings is 3. The second kappa shape index (κ2) is 5.80. The van der Waals surface area contributed by atoms with Crippen LogP contribution in [0.4, 0.5) is 0 Å². The van der Waals surface area contributed by atoms with E-state index in [4.69, 9.17) is 0 Å². The number of aryl methyl sites for hydroxylation is 1. The first kappa shape index (κ1) is 13.4. The van der Waals surface area contributed by atoms with Gasteiger partial charge in [0.2, 0.25) is 0 Å². The highest BCUT2D eigenvalue weighted by Gasteiger charge is 2.06. The molecule has 0 bridgehead atoms. The number of hydrogen-bond donors (Lipinski definition) is 0. The van der Waals surface area contributed by atoms with Crippen LogP contribution < -0.4 is 0 Å². The lowest BCUT2D eigenvalue weighted by Gasteiger charge is -2.10. The van der Waals surface area contributed by atoms with Gasteiger partial charge >= 0.3 is 0 Å². The van der Waals surface area contributed by atoms with Gasteiger partial charge in [-0.2, -0.15) is 0 Å². The molecule has 0 fully saturated rings. The Morgan fingerprint density at radius 1 is 0.650 bits per heavy atom. The first-order chi connectivity index (χ1) is 9.74. The van der Waals surface area contributed by atoms with E-state index in [0.717, 1.165) is 0 Å². The molecule has 3 rings (SSSR count). The predicted molar refractivity (Wildman–Crippen MR) is 94.8 cm³/mol. The van der Waals surface area contributed by atoms with Gasteiger partial charge < -0.3 is 0 Å². The van der Waals surface area contributed by atoms with Crippen LogP contribution in [0.1, 0.15) is 5.56 Å². The fourth-order valence-corrected chi connectivity index (χ4v) is 2.92. The van der Waals surface area contributed by atoms with Crippen molar-refractivity contribution in [3.8, 4) is 22.3 Å². The van der Waals surface area contributed by atoms with Crippen LogP contribution in [-0.4, -0.2) is 0 Å². The molecule has 20 heavy (non-hydrogen) atoms. The molecule has 0 unspecified atom stereocenters. The number of rotatable bonds is 2. The first-order valence-corrected chi connectivity index (χ1v) is 7.74. The van der Waals surface area contributed by atoms with E-state index in [1.807, 2.05) is 0 Å². The second-order valence-electron chi connectivity index (χ2n) is 4.92. The molecule has 0 saturated heterocycles. The van der Waals surface area contributed by atoms with Crippen molar-refractivity contribution in [1.82, 2.24) is 0 Å². The smallest absolute Gasteiger partial charge is 0.0136 e. The van der Waals surface area contributed by atoms with Crippen molar-refractivity contribution in [2.24, 2.45) is 0 Å². The van der Waals surface area contributed by atoms with Gasteiger partial charge in [0, 0.05) is 3.57 Å². The predicted octanol–water partition coefficient (Wildman–Crippen LogP) is 5.93. The van der Waals surface area contributed by atoms with Gasteiger partial charge in [0.15, 0.2) is 0 Å². The molecule has 3 aromatic carbocycles. The van der Waals surface area contributed by atoms with Crippen molar-refractivity contribution in [1.29, 1.82) is 0 Å². The third-order valence-electron chi connectivity index (χ3n) is 3.43. The van der Waals surface area contributed by atoms with Crippen molar-refractivity contribution in [3.05, 3.63) is 81.9 Å². The molecule has 0 heterocycles. The molecule has 0 amide bonds. The van der Waals surface area contributed by atoms with E-state index in [1.54, 1.807) is 0 Å². The molecular weight excluding hydrogens is 355 g/mol. The maximum Gasteiger partial charge on any atom is 0.0136 e. The van der Waals surface area contributed by atoms with Crippen LogP contribution in [0.3, 0.4) is 0 Å². The monoisotopic (exact) mass is 370 g/mol. The van der Waals surface area contributed by atoms with Crippen molar-refractivity contribution in [3.63, 3.8) is 0 Å². The van der Waals surface area contributed by atoms with Crippen LogP contribution in [0.15, 0.2) is 72.8 Å². The topological polar surface area (TPSA) is 0 Å². The molecule has 0 aromatic heterocycles. The van der Waals surface area contributed by atoms with Crippen molar-refractivity contribution in [2.75, 3.05) is 0 Å². The highest BCUT2D eigenvalue weighted by atomic mass is 127. The fraction of sp³-hybridized carbons (Fsp3) is 0.0526. The minimum atomic E-state index is 1.26. The molecule has 0 spiro atoms. The Balaban J connectivity index is 2.16. The molecular formula is C19H15I. The quantitative estimate of drug-likeness (QED) is 0.490. The lowest BCUT2D eigenvalue weighted by Crippen LogP contribution is -1.85. The van der Waals surface area contributed by atoms with Crippen molar-refractivity contribution < 1.29 is 0 Å². The largest absolute Gasteiger partial charge is 0.0616 e. The Kier molecular flexibility index (Phi) is 3.88. The second-order valence-corrected chi connectivity index (χ2v) is 6.17. The van der Waals surface area contributed by atoms with E-state index in [2.05, 4.69) is 102 Å². The Morgan fingerprint density at radius 2 is 1.30 bits per heavy atom. The van der Waals surface area contributed by atoms with E-state index in [9.17, 15) is 0 Å². The molecule has 0 N–H and O–H groups in total. The third kappa shape index (κ3) is 2.78. The number of halogens is 1. The highest BCUT2D eigenvalue weighted by Crippen LogP contribution is 2.32. The molecule has 3 aromatic rings. The fourth-order valence-electron chi connectivity index (χ4n) is 2.38. The summed E-state index contributed by atoms with van der Waals surface area (Å²) >= 11 is 2.36. The molecule has 0 nitrogen and oxygen atoms in total. The van der Waals surface area contributed by atoms with Crippen LogP contribution >= 0.6 is 22.6 Å². The van der Waals surface area contributed by atoms with Gasteiger partial charge in [0.1, 0.15) is 0 Å². The standard InChI is InChI=1S/C19H15I/c1-14-9-11-15(12-10-14)18-7-2-3-8-19(18)16-5-4-6-17(20)13-16/h2-13H,1H3. The van der Waals surface area contributed by atoms with Crippen molar-refractivity contribution in [2.45, 2.75) is 6.92 Å². The van der Waals surface area contributed by atoms with Gasteiger partial charge in [0.25, 0.3) is 0 Å². The molecule has 98 valence electrons. The summed E-state index contributed by atoms with van der Waals surface area (Å²) in [5.41, 5.74) is 6.41. The van der Waals surface area contributed by atoms with Gasteiger partial charge in [-0.05, 0) is 63.9 Å². The summed E-state index contributed by atoms with van der Waals surface area (Å²) in [5, 5.41) is 0. The van der Waals surface area contributed by atoms with E-state index in [0.29, 0.717) is 0 Å². The van der Waals surface area contributed by atoms with Crippen LogP contribution in [0.2, 0.25) is 0 Å². The lowest BCUT2D eigenvalue weighted by molar-refractivity contribution is 1.47. The summed E-state index contributed by atoms with van der Waals surface area (Å²) in [7, 11) is 0. The summed E-state index contributed by atoms with van der Waals surface area (Å²) in [5.74, 6) is 0. The van der Waals surface area contributed by atoms with Gasteiger partial charge in [-0.25, -0.2) is 0 Å². The summed E-state index contributed by atoms with van der Waals surface area (Å²) in [6.07, 6.45) is 0. The normalized spacial score (nSPS) is 10.5. The minimum absolute atomic E-state index is 1.26. The lowest BCUT2D eigenvalue weighted by atomic mass is 9.94. The highest BCUT2D eigenvalue weighted by molar-refractivity contribution is 14.1. The summed E-state index contributed by atoms with van der Waals surface area (Å²) < 4.78 is 1.26. The van der Waals surface area contributed by atoms with Gasteiger partial charge in [-0.1, -0.05) is 66.2 Å². The first-order valence-electron chi connectivity index (χ1n) is 6.66. The summed E-state index contributed by atoms with van der Waals surface area (Å²) in [4.78, 5) is 0. The average molecular weight is 370 g/mol. The summed E-state index contributed by atoms with van der Waals surface area (Å²) in [6.45, 7) is 2.12. The van der Waals surface area contributed by atoms with Crippen LogP contribution in [0.25, 0.3) is 22.3 Å². The van der Waals surface area contributed by atoms with E-state index in [1.165, 1.54) is 31.4 Å². The molecule has 0 atom stereocenters. The minimum Gasteiger partial charge on any atom is -0.0616 e. The maximum atomic E-state index is 2.36. The Morgan fingerprint density at radius 3 is 1.95 bits per heavy atom. The summed E-state index contributed by atoms with van der Waals surface area (Å²) in [6, 6.07) is 26.0. The molecule has 0 aliphatic carbocycles. The van der Waals surface area contributed by atoms with Crippen LogP contribution in [-0.2, 0) is 0 Å². The van der Waals surface area contributed by atoms with Crippen LogP contribution in [0, 0.1) is 10.5 Å². The van der Waals surface area contributed by atoms with Crippen LogP contribution in [0.5, 0.6) is 0 Å². The zero-order chi connectivity index (χ0) is 13.9. The van der Waals surface area contributed by atoms with Gasteiger partial charge in [-0.15, -0.1) is 0 Å². The zero-order valence-electron chi connectivity index (χ0n) is 11.3. The van der Waals surface area contributed by atoms with Gasteiger partial charge in [0.05, 0.1) is 0 Å². The van der Waals surface area contributed by atoms with E-state index < -0.39 is 0 Å². The van der Waals surface area contributed by atoms with E-state index in [-0.39, 0.29) is 0 Å². The molecule has 0 aliphatic rings. The van der Waals surface area contributed by atoms with Crippen molar-refractivity contribution >= 4 is 22.6 Å². The maximum absolute atomic E-state index is 2.36. The molecule has 0 radical (unpaired) electrons. The molecule has 1 heteroatoms. The Bertz CT molecular complexity index is 727. The average Bonchev–Trinajstić information content (AvgIpc) is 2.48. The SMILES string of the molecule is Cc1ccc(-c2ccccc2-c2cccc(I)c2)cc1. The van der Waals surface area contributed by atoms with Gasteiger partial charge in [-0.3, -0.25) is 0 Å². The third-order valence-corrected chi connectivity index (χ3v) is 4.10. The molecule has 0 aliphatic heterocycles. The Hall–Kier alpha value is -1.61. The molecule has 0 saturated carbocycles. The number of hydrogen-bond acceptors (Lipinski definition) is 0. The van der Waals surface area contributed by atoms with E-state index >= 15 is 0 Å². The zero-order valence-corrected chi connectivity index (χ0v) is 13.5.